The first-order valence-corrected chi connectivity index (χ1v) is 7.32. The molecule has 0 spiro atoms. The van der Waals surface area contributed by atoms with Crippen molar-refractivity contribution in [2.75, 3.05) is 12.3 Å². The van der Waals surface area contributed by atoms with Gasteiger partial charge in [-0.25, -0.2) is 15.0 Å². The normalized spacial score (nSPS) is 15.5. The van der Waals surface area contributed by atoms with Crippen LogP contribution in [-0.4, -0.2) is 26.4 Å². The van der Waals surface area contributed by atoms with Crippen molar-refractivity contribution >= 4 is 40.5 Å². The van der Waals surface area contributed by atoms with Gasteiger partial charge in [0, 0.05) is 37.8 Å². The zero-order valence-corrected chi connectivity index (χ0v) is 12.3. The van der Waals surface area contributed by atoms with Gasteiger partial charge < -0.3 is 5.73 Å². The van der Waals surface area contributed by atoms with Gasteiger partial charge in [-0.15, -0.1) is 11.3 Å². The second-order valence-electron chi connectivity index (χ2n) is 4.34. The summed E-state index contributed by atoms with van der Waals surface area (Å²) in [7, 11) is 0. The molecule has 2 aromatic rings. The van der Waals surface area contributed by atoms with Crippen molar-refractivity contribution in [3.05, 3.63) is 32.0 Å². The molecule has 1 aliphatic rings. The molecule has 3 heterocycles. The van der Waals surface area contributed by atoms with Crippen LogP contribution < -0.4 is 5.73 Å². The Morgan fingerprint density at radius 3 is 2.95 bits per heavy atom. The molecule has 0 amide bonds. The van der Waals surface area contributed by atoms with Crippen molar-refractivity contribution in [3.63, 3.8) is 0 Å². The highest BCUT2D eigenvalue weighted by molar-refractivity contribution is 7.16. The number of rotatable bonds is 2. The molecule has 19 heavy (non-hydrogen) atoms. The number of fused-ring (bicyclic) bond motifs is 1. The predicted octanol–water partition coefficient (Wildman–Crippen LogP) is 2.38. The summed E-state index contributed by atoms with van der Waals surface area (Å²) < 4.78 is 0.480. The van der Waals surface area contributed by atoms with E-state index < -0.39 is 0 Å². The summed E-state index contributed by atoms with van der Waals surface area (Å²) in [5, 5.41) is 0.495. The molecule has 0 fully saturated rings. The van der Waals surface area contributed by atoms with Crippen molar-refractivity contribution in [3.8, 4) is 0 Å². The Morgan fingerprint density at radius 1 is 1.37 bits per heavy atom. The molecule has 2 N–H and O–H groups in total. The third-order valence-electron chi connectivity index (χ3n) is 3.02. The van der Waals surface area contributed by atoms with E-state index in [1.165, 1.54) is 11.3 Å². The Balaban J connectivity index is 1.75. The van der Waals surface area contributed by atoms with Crippen LogP contribution in [0.1, 0.15) is 16.1 Å². The number of nitrogens with zero attached hydrogens (tertiary/aromatic N) is 4. The molecule has 3 rings (SSSR count). The average molecular weight is 316 g/mol. The number of thiazole rings is 1. The highest BCUT2D eigenvalue weighted by Crippen LogP contribution is 2.29. The number of anilines is 1. The van der Waals surface area contributed by atoms with Crippen molar-refractivity contribution in [1.29, 1.82) is 0 Å². The molecule has 1 aliphatic heterocycles. The van der Waals surface area contributed by atoms with Crippen LogP contribution >= 0.6 is 34.5 Å². The van der Waals surface area contributed by atoms with Gasteiger partial charge in [0.15, 0.2) is 4.47 Å². The van der Waals surface area contributed by atoms with E-state index >= 15 is 0 Å². The van der Waals surface area contributed by atoms with Gasteiger partial charge in [-0.1, -0.05) is 23.2 Å². The Labute approximate surface area is 124 Å². The topological polar surface area (TPSA) is 67.9 Å². The third-order valence-corrected chi connectivity index (χ3v) is 4.59. The molecule has 100 valence electrons. The fourth-order valence-corrected chi connectivity index (χ4v) is 3.57. The molecule has 0 saturated carbocycles. The fourth-order valence-electron chi connectivity index (χ4n) is 2.13. The second kappa shape index (κ2) is 5.20. The summed E-state index contributed by atoms with van der Waals surface area (Å²) in [4.78, 5) is 15.6. The monoisotopic (exact) mass is 315 g/mol. The molecule has 0 unspecified atom stereocenters. The Kier molecular flexibility index (Phi) is 3.58. The van der Waals surface area contributed by atoms with Crippen LogP contribution in [0.2, 0.25) is 9.62 Å². The van der Waals surface area contributed by atoms with Crippen LogP contribution in [0.25, 0.3) is 0 Å². The van der Waals surface area contributed by atoms with E-state index in [-0.39, 0.29) is 0 Å². The van der Waals surface area contributed by atoms with Crippen LogP contribution in [0.4, 0.5) is 5.95 Å². The zero-order chi connectivity index (χ0) is 13.4. The molecule has 0 aromatic carbocycles. The Morgan fingerprint density at radius 2 is 2.21 bits per heavy atom. The van der Waals surface area contributed by atoms with Crippen LogP contribution in [-0.2, 0) is 19.5 Å². The van der Waals surface area contributed by atoms with E-state index in [2.05, 4.69) is 19.9 Å². The average Bonchev–Trinajstić information content (AvgIpc) is 2.68. The van der Waals surface area contributed by atoms with Gasteiger partial charge in [-0.05, 0) is 0 Å². The van der Waals surface area contributed by atoms with E-state index in [1.54, 1.807) is 6.20 Å². The van der Waals surface area contributed by atoms with Gasteiger partial charge in [0.1, 0.15) is 5.15 Å². The van der Waals surface area contributed by atoms with Crippen molar-refractivity contribution in [2.45, 2.75) is 19.5 Å². The van der Waals surface area contributed by atoms with Crippen LogP contribution in [0.15, 0.2) is 6.20 Å². The van der Waals surface area contributed by atoms with Crippen molar-refractivity contribution in [1.82, 2.24) is 19.9 Å². The van der Waals surface area contributed by atoms with E-state index in [0.29, 0.717) is 15.6 Å². The quantitative estimate of drug-likeness (QED) is 0.921. The summed E-state index contributed by atoms with van der Waals surface area (Å²) in [5.41, 5.74) is 7.74. The second-order valence-corrected chi connectivity index (χ2v) is 6.37. The van der Waals surface area contributed by atoms with E-state index in [0.717, 1.165) is 42.2 Å². The van der Waals surface area contributed by atoms with Gasteiger partial charge in [-0.3, -0.25) is 4.90 Å². The first-order chi connectivity index (χ1) is 9.11. The van der Waals surface area contributed by atoms with Gasteiger partial charge in [0.05, 0.1) is 10.6 Å². The number of halogens is 2. The lowest BCUT2D eigenvalue weighted by atomic mass is 10.1. The van der Waals surface area contributed by atoms with E-state index in [4.69, 9.17) is 28.9 Å². The first-order valence-electron chi connectivity index (χ1n) is 5.75. The summed E-state index contributed by atoms with van der Waals surface area (Å²) in [6.45, 7) is 2.45. The standard InChI is InChI=1S/C11H11Cl2N5S/c12-9-8(19-10(13)17-9)5-18-2-1-7-6(4-18)3-15-11(14)16-7/h3H,1-2,4-5H2,(H2,14,15,16). The van der Waals surface area contributed by atoms with Gasteiger partial charge in [0.2, 0.25) is 5.95 Å². The van der Waals surface area contributed by atoms with E-state index in [1.807, 2.05) is 0 Å². The highest BCUT2D eigenvalue weighted by atomic mass is 35.5. The lowest BCUT2D eigenvalue weighted by Gasteiger charge is -2.27. The fraction of sp³-hybridized carbons (Fsp3) is 0.364. The van der Waals surface area contributed by atoms with Gasteiger partial charge >= 0.3 is 0 Å². The molecule has 0 bridgehead atoms. The van der Waals surface area contributed by atoms with Crippen molar-refractivity contribution in [2.24, 2.45) is 0 Å². The van der Waals surface area contributed by atoms with Crippen LogP contribution in [0, 0.1) is 0 Å². The Hall–Kier alpha value is -0.950. The minimum atomic E-state index is 0.337. The summed E-state index contributed by atoms with van der Waals surface area (Å²) >= 11 is 13.3. The van der Waals surface area contributed by atoms with Crippen molar-refractivity contribution < 1.29 is 0 Å². The van der Waals surface area contributed by atoms with Crippen LogP contribution in [0.3, 0.4) is 0 Å². The number of aromatic nitrogens is 3. The molecule has 8 heteroatoms. The highest BCUT2D eigenvalue weighted by Gasteiger charge is 2.20. The predicted molar refractivity (Wildman–Crippen MR) is 76.4 cm³/mol. The number of nitrogen functional groups attached to an aromatic ring is 1. The lowest BCUT2D eigenvalue weighted by molar-refractivity contribution is 0.245. The number of hydrogen-bond donors (Lipinski definition) is 1. The SMILES string of the molecule is Nc1ncc2c(n1)CCN(Cc1sc(Cl)nc1Cl)C2. The maximum absolute atomic E-state index is 6.03. The van der Waals surface area contributed by atoms with Gasteiger partial charge in [0.25, 0.3) is 0 Å². The minimum absolute atomic E-state index is 0.337. The first kappa shape index (κ1) is 13.1. The summed E-state index contributed by atoms with van der Waals surface area (Å²) in [6.07, 6.45) is 2.66. The smallest absolute Gasteiger partial charge is 0.220 e. The molecule has 0 saturated heterocycles. The molecule has 0 aliphatic carbocycles. The largest absolute Gasteiger partial charge is 0.368 e. The third kappa shape index (κ3) is 2.81. The maximum Gasteiger partial charge on any atom is 0.220 e. The lowest BCUT2D eigenvalue weighted by Crippen LogP contribution is -2.30. The minimum Gasteiger partial charge on any atom is -0.368 e. The molecular formula is C11H11Cl2N5S. The van der Waals surface area contributed by atoms with Crippen LogP contribution in [0.5, 0.6) is 0 Å². The number of nitrogens with two attached hydrogens (primary N) is 1. The molecule has 2 aromatic heterocycles. The summed E-state index contributed by atoms with van der Waals surface area (Å²) in [6, 6.07) is 0. The molecule has 0 radical (unpaired) electrons. The van der Waals surface area contributed by atoms with E-state index in [9.17, 15) is 0 Å². The molecule has 0 atom stereocenters. The number of hydrogen-bond acceptors (Lipinski definition) is 6. The summed E-state index contributed by atoms with van der Waals surface area (Å²) in [5.74, 6) is 0.337. The van der Waals surface area contributed by atoms with Gasteiger partial charge in [-0.2, -0.15) is 0 Å². The maximum atomic E-state index is 6.03. The molecule has 5 nitrogen and oxygen atoms in total. The zero-order valence-electron chi connectivity index (χ0n) is 9.94. The Bertz CT molecular complexity index is 615. The molecular weight excluding hydrogens is 305 g/mol.